The molecule has 8 heteroatoms. The summed E-state index contributed by atoms with van der Waals surface area (Å²) in [5.41, 5.74) is 1.18. The van der Waals surface area contributed by atoms with Gasteiger partial charge in [-0.05, 0) is 54.8 Å². The molecule has 0 bridgehead atoms. The maximum absolute atomic E-state index is 12.7. The van der Waals surface area contributed by atoms with Crippen molar-refractivity contribution >= 4 is 38.9 Å². The monoisotopic (exact) mass is 426 g/mol. The molecule has 27 heavy (non-hydrogen) atoms. The van der Waals surface area contributed by atoms with Crippen LogP contribution in [0.2, 0.25) is 5.02 Å². The number of carbonyl (C=O) groups excluding carboxylic acids is 1. The van der Waals surface area contributed by atoms with Crippen molar-refractivity contribution in [1.82, 2.24) is 9.62 Å². The number of amides is 1. The highest BCUT2D eigenvalue weighted by Gasteiger charge is 2.33. The van der Waals surface area contributed by atoms with E-state index in [9.17, 15) is 13.2 Å². The van der Waals surface area contributed by atoms with Crippen molar-refractivity contribution in [2.24, 2.45) is 5.92 Å². The van der Waals surface area contributed by atoms with Crippen LogP contribution in [0.1, 0.15) is 24.8 Å². The minimum Gasteiger partial charge on any atom is -0.356 e. The number of carbonyl (C=O) groups is 1. The largest absolute Gasteiger partial charge is 0.356 e. The second kappa shape index (κ2) is 9.19. The Hall–Kier alpha value is -1.41. The summed E-state index contributed by atoms with van der Waals surface area (Å²) in [5, 5.41) is 5.42. The van der Waals surface area contributed by atoms with Crippen LogP contribution in [0.15, 0.2) is 46.0 Å². The van der Waals surface area contributed by atoms with Crippen molar-refractivity contribution in [2.45, 2.75) is 29.9 Å². The summed E-state index contributed by atoms with van der Waals surface area (Å²) in [6.45, 7) is 1.31. The number of hydrogen-bond acceptors (Lipinski definition) is 4. The second-order valence-electron chi connectivity index (χ2n) is 6.66. The number of halogens is 1. The predicted molar refractivity (Wildman–Crippen MR) is 109 cm³/mol. The Kier molecular flexibility index (Phi) is 6.92. The van der Waals surface area contributed by atoms with Crippen molar-refractivity contribution in [3.63, 3.8) is 0 Å². The number of benzene rings is 1. The third kappa shape index (κ3) is 5.31. The number of sulfonamides is 1. The maximum Gasteiger partial charge on any atom is 0.252 e. The molecule has 1 atom stereocenters. The topological polar surface area (TPSA) is 66.5 Å². The molecule has 1 amide bonds. The van der Waals surface area contributed by atoms with Gasteiger partial charge in [0.2, 0.25) is 5.91 Å². The minimum atomic E-state index is -3.49. The van der Waals surface area contributed by atoms with Gasteiger partial charge in [0.25, 0.3) is 10.0 Å². The fourth-order valence-electron chi connectivity index (χ4n) is 3.21. The van der Waals surface area contributed by atoms with Crippen molar-refractivity contribution in [3.05, 3.63) is 52.4 Å². The van der Waals surface area contributed by atoms with E-state index in [4.69, 9.17) is 11.6 Å². The molecular weight excluding hydrogens is 404 g/mol. The first-order valence-electron chi connectivity index (χ1n) is 9.02. The zero-order chi connectivity index (χ0) is 19.3. The number of hydrogen-bond donors (Lipinski definition) is 1. The van der Waals surface area contributed by atoms with Crippen molar-refractivity contribution < 1.29 is 13.2 Å². The van der Waals surface area contributed by atoms with Crippen molar-refractivity contribution in [2.75, 3.05) is 19.6 Å². The summed E-state index contributed by atoms with van der Waals surface area (Å²) in [4.78, 5) is 12.5. The molecule has 1 aliphatic heterocycles. The van der Waals surface area contributed by atoms with E-state index in [0.29, 0.717) is 28.7 Å². The SMILES string of the molecule is O=C(NCCCc1ccc(Cl)cc1)C1CCCN(S(=O)(=O)c2cccs2)C1. The molecule has 1 unspecified atom stereocenters. The average molecular weight is 427 g/mol. The van der Waals surface area contributed by atoms with Gasteiger partial charge < -0.3 is 5.32 Å². The Morgan fingerprint density at radius 2 is 2.04 bits per heavy atom. The molecule has 0 saturated carbocycles. The van der Waals surface area contributed by atoms with Gasteiger partial charge in [-0.15, -0.1) is 11.3 Å². The van der Waals surface area contributed by atoms with E-state index in [1.54, 1.807) is 17.5 Å². The highest BCUT2D eigenvalue weighted by atomic mass is 35.5. The summed E-state index contributed by atoms with van der Waals surface area (Å²) < 4.78 is 27.1. The van der Waals surface area contributed by atoms with Crippen LogP contribution in [0.4, 0.5) is 0 Å². The zero-order valence-corrected chi connectivity index (χ0v) is 17.3. The lowest BCUT2D eigenvalue weighted by Crippen LogP contribution is -2.45. The molecule has 0 radical (unpaired) electrons. The summed E-state index contributed by atoms with van der Waals surface area (Å²) >= 11 is 7.08. The first-order chi connectivity index (χ1) is 13.0. The minimum absolute atomic E-state index is 0.0582. The van der Waals surface area contributed by atoms with Gasteiger partial charge in [-0.25, -0.2) is 8.42 Å². The lowest BCUT2D eigenvalue weighted by atomic mass is 9.99. The summed E-state index contributed by atoms with van der Waals surface area (Å²) in [6, 6.07) is 11.0. The van der Waals surface area contributed by atoms with E-state index in [2.05, 4.69) is 5.32 Å². The van der Waals surface area contributed by atoms with Crippen LogP contribution < -0.4 is 5.32 Å². The molecule has 2 aromatic rings. The highest BCUT2D eigenvalue weighted by Crippen LogP contribution is 2.26. The van der Waals surface area contributed by atoms with Gasteiger partial charge in [0.05, 0.1) is 5.92 Å². The lowest BCUT2D eigenvalue weighted by molar-refractivity contribution is -0.126. The molecule has 146 valence electrons. The molecule has 1 saturated heterocycles. The van der Waals surface area contributed by atoms with E-state index in [1.165, 1.54) is 21.2 Å². The smallest absolute Gasteiger partial charge is 0.252 e. The molecule has 0 spiro atoms. The summed E-state index contributed by atoms with van der Waals surface area (Å²) in [5.74, 6) is -0.346. The highest BCUT2D eigenvalue weighted by molar-refractivity contribution is 7.91. The number of piperidine rings is 1. The Labute approximate surface area is 169 Å². The molecule has 0 aliphatic carbocycles. The molecule has 2 heterocycles. The van der Waals surface area contributed by atoms with Gasteiger partial charge in [-0.1, -0.05) is 29.8 Å². The number of aryl methyl sites for hydroxylation is 1. The Morgan fingerprint density at radius 3 is 2.74 bits per heavy atom. The van der Waals surface area contributed by atoms with E-state index < -0.39 is 10.0 Å². The summed E-state index contributed by atoms with van der Waals surface area (Å²) in [6.07, 6.45) is 3.12. The first kappa shape index (κ1) is 20.3. The number of thiophene rings is 1. The van der Waals surface area contributed by atoms with Crippen LogP contribution in [-0.2, 0) is 21.2 Å². The molecule has 3 rings (SSSR count). The first-order valence-corrected chi connectivity index (χ1v) is 11.7. The maximum atomic E-state index is 12.7. The van der Waals surface area contributed by atoms with E-state index >= 15 is 0 Å². The van der Waals surface area contributed by atoms with Crippen LogP contribution in [0.3, 0.4) is 0 Å². The van der Waals surface area contributed by atoms with Gasteiger partial charge in [-0.3, -0.25) is 4.79 Å². The van der Waals surface area contributed by atoms with Gasteiger partial charge >= 0.3 is 0 Å². The third-order valence-corrected chi connectivity index (χ3v) is 8.19. The van der Waals surface area contributed by atoms with Crippen molar-refractivity contribution in [1.29, 1.82) is 0 Å². The van der Waals surface area contributed by atoms with E-state index in [0.717, 1.165) is 19.3 Å². The van der Waals surface area contributed by atoms with E-state index in [1.807, 2.05) is 24.3 Å². The fourth-order valence-corrected chi connectivity index (χ4v) is 6.01. The Morgan fingerprint density at radius 1 is 1.26 bits per heavy atom. The van der Waals surface area contributed by atoms with E-state index in [-0.39, 0.29) is 18.4 Å². The van der Waals surface area contributed by atoms with Crippen LogP contribution >= 0.6 is 22.9 Å². The standard InChI is InChI=1S/C19H23ClN2O3S2/c20-17-9-7-15(8-10-17)4-1-11-21-19(23)16-5-2-12-22(14-16)27(24,25)18-6-3-13-26-18/h3,6-10,13,16H,1-2,4-5,11-12,14H2,(H,21,23). The molecule has 1 N–H and O–H groups in total. The Balaban J connectivity index is 1.47. The van der Waals surface area contributed by atoms with Crippen LogP contribution in [0, 0.1) is 5.92 Å². The van der Waals surface area contributed by atoms with Crippen LogP contribution in [0.5, 0.6) is 0 Å². The lowest BCUT2D eigenvalue weighted by Gasteiger charge is -2.30. The van der Waals surface area contributed by atoms with Crippen molar-refractivity contribution in [3.8, 4) is 0 Å². The van der Waals surface area contributed by atoms with Crippen LogP contribution in [-0.4, -0.2) is 38.3 Å². The Bertz CT molecular complexity index is 852. The molecule has 1 aliphatic rings. The third-order valence-electron chi connectivity index (χ3n) is 4.70. The van der Waals surface area contributed by atoms with Gasteiger partial charge in [0.1, 0.15) is 4.21 Å². The quantitative estimate of drug-likeness (QED) is 0.688. The zero-order valence-electron chi connectivity index (χ0n) is 14.9. The van der Waals surface area contributed by atoms with Gasteiger partial charge in [-0.2, -0.15) is 4.31 Å². The number of rotatable bonds is 7. The van der Waals surface area contributed by atoms with Gasteiger partial charge in [0, 0.05) is 24.7 Å². The van der Waals surface area contributed by atoms with Gasteiger partial charge in [0.15, 0.2) is 0 Å². The summed E-state index contributed by atoms with van der Waals surface area (Å²) in [7, 11) is -3.49. The average Bonchev–Trinajstić information content (AvgIpc) is 3.22. The molecule has 1 aromatic carbocycles. The normalized spacial score (nSPS) is 18.3. The predicted octanol–water partition coefficient (Wildman–Crippen LogP) is 3.55. The van der Waals surface area contributed by atoms with Crippen LogP contribution in [0.25, 0.3) is 0 Å². The number of nitrogens with zero attached hydrogens (tertiary/aromatic N) is 1. The fraction of sp³-hybridized carbons (Fsp3) is 0.421. The molecule has 1 aromatic heterocycles. The second-order valence-corrected chi connectivity index (χ2v) is 10.2. The molecule has 5 nitrogen and oxygen atoms in total. The number of nitrogens with one attached hydrogen (secondary N) is 1. The molecule has 1 fully saturated rings. The molecular formula is C19H23ClN2O3S2.